The monoisotopic (exact) mass is 406 g/mol. The van der Waals surface area contributed by atoms with Crippen molar-refractivity contribution >= 4 is 0 Å². The molecule has 0 spiro atoms. The van der Waals surface area contributed by atoms with Gasteiger partial charge in [-0.05, 0) is 73.5 Å². The summed E-state index contributed by atoms with van der Waals surface area (Å²) in [5.74, 6) is 2.25. The Morgan fingerprint density at radius 1 is 1.00 bits per heavy atom. The minimum Gasteiger partial charge on any atom is -0.497 e. The smallest absolute Gasteiger partial charge is 0.119 e. The summed E-state index contributed by atoms with van der Waals surface area (Å²) in [6, 6.07) is 18.0. The third-order valence-corrected chi connectivity index (χ3v) is 7.37. The largest absolute Gasteiger partial charge is 0.497 e. The number of ether oxygens (including phenoxy) is 1. The molecule has 1 saturated carbocycles. The van der Waals surface area contributed by atoms with Crippen LogP contribution < -0.4 is 4.74 Å². The number of rotatable bonds is 6. The van der Waals surface area contributed by atoms with E-state index >= 15 is 0 Å². The second-order valence-electron chi connectivity index (χ2n) is 9.34. The van der Waals surface area contributed by atoms with E-state index < -0.39 is 0 Å². The van der Waals surface area contributed by atoms with Crippen LogP contribution in [0.15, 0.2) is 48.5 Å². The summed E-state index contributed by atoms with van der Waals surface area (Å²) in [6.45, 7) is 5.05. The number of aliphatic hydroxyl groups is 1. The zero-order chi connectivity index (χ0) is 20.5. The quantitative estimate of drug-likeness (QED) is 0.787. The zero-order valence-corrected chi connectivity index (χ0v) is 18.0. The predicted molar refractivity (Wildman–Crippen MR) is 121 cm³/mol. The Morgan fingerprint density at radius 2 is 1.80 bits per heavy atom. The van der Waals surface area contributed by atoms with Gasteiger partial charge in [0.15, 0.2) is 0 Å². The van der Waals surface area contributed by atoms with Crippen LogP contribution in [-0.2, 0) is 0 Å². The van der Waals surface area contributed by atoms with Gasteiger partial charge >= 0.3 is 0 Å². The van der Waals surface area contributed by atoms with Crippen LogP contribution in [0.3, 0.4) is 0 Å². The highest BCUT2D eigenvalue weighted by Crippen LogP contribution is 2.43. The van der Waals surface area contributed by atoms with E-state index in [2.05, 4.69) is 46.2 Å². The molecule has 30 heavy (non-hydrogen) atoms. The Labute approximate surface area is 180 Å². The summed E-state index contributed by atoms with van der Waals surface area (Å²) < 4.78 is 5.38. The number of aliphatic hydroxyl groups excluding tert-OH is 1. The summed E-state index contributed by atoms with van der Waals surface area (Å²) in [4.78, 5) is 5.29. The topological polar surface area (TPSA) is 35.9 Å². The van der Waals surface area contributed by atoms with Crippen molar-refractivity contribution in [2.24, 2.45) is 5.92 Å². The lowest BCUT2D eigenvalue weighted by Gasteiger charge is -2.57. The minimum absolute atomic E-state index is 0.251. The molecule has 0 aromatic heterocycles. The van der Waals surface area contributed by atoms with E-state index in [0.717, 1.165) is 24.8 Å². The SMILES string of the molecule is COc1cccc(-c2ccc([C@@H]3[C@@H](CO)N4CCCCN(CC5CC5)C[C@H]34)cc2)c1. The second-order valence-corrected chi connectivity index (χ2v) is 9.34. The fourth-order valence-corrected chi connectivity index (χ4v) is 5.54. The summed E-state index contributed by atoms with van der Waals surface area (Å²) in [5.41, 5.74) is 3.76. The summed E-state index contributed by atoms with van der Waals surface area (Å²) >= 11 is 0. The van der Waals surface area contributed by atoms with Crippen LogP contribution in [0.1, 0.15) is 37.2 Å². The maximum absolute atomic E-state index is 10.2. The molecule has 2 heterocycles. The van der Waals surface area contributed by atoms with Crippen molar-refractivity contribution in [1.82, 2.24) is 9.80 Å². The molecule has 0 radical (unpaired) electrons. The normalized spacial score (nSPS) is 27.6. The highest BCUT2D eigenvalue weighted by atomic mass is 16.5. The zero-order valence-electron chi connectivity index (χ0n) is 18.0. The van der Waals surface area contributed by atoms with Crippen molar-refractivity contribution in [2.75, 3.05) is 39.9 Å². The van der Waals surface area contributed by atoms with Gasteiger partial charge in [-0.2, -0.15) is 0 Å². The fraction of sp³-hybridized carbons (Fsp3) is 0.538. The molecule has 2 saturated heterocycles. The highest BCUT2D eigenvalue weighted by molar-refractivity contribution is 5.65. The minimum atomic E-state index is 0.251. The number of hydrogen-bond donors (Lipinski definition) is 1. The predicted octanol–water partition coefficient (Wildman–Crippen LogP) is 4.00. The van der Waals surface area contributed by atoms with Gasteiger partial charge in [0.05, 0.1) is 13.7 Å². The van der Waals surface area contributed by atoms with E-state index in [9.17, 15) is 5.11 Å². The molecule has 4 nitrogen and oxygen atoms in total. The van der Waals surface area contributed by atoms with Crippen LogP contribution in [-0.4, -0.2) is 66.9 Å². The summed E-state index contributed by atoms with van der Waals surface area (Å²) in [5, 5.41) is 10.2. The highest BCUT2D eigenvalue weighted by Gasteiger charge is 2.49. The second kappa shape index (κ2) is 8.70. The number of nitrogens with zero attached hydrogens (tertiary/aromatic N) is 2. The van der Waals surface area contributed by atoms with Gasteiger partial charge in [-0.1, -0.05) is 36.4 Å². The van der Waals surface area contributed by atoms with E-state index in [0.29, 0.717) is 12.0 Å². The van der Waals surface area contributed by atoms with Crippen LogP contribution in [0.4, 0.5) is 0 Å². The van der Waals surface area contributed by atoms with Crippen molar-refractivity contribution < 1.29 is 9.84 Å². The molecular weight excluding hydrogens is 372 g/mol. The molecule has 2 aromatic carbocycles. The van der Waals surface area contributed by atoms with E-state index in [1.807, 2.05) is 12.1 Å². The van der Waals surface area contributed by atoms with Crippen LogP contribution in [0.2, 0.25) is 0 Å². The van der Waals surface area contributed by atoms with E-state index in [4.69, 9.17) is 4.74 Å². The van der Waals surface area contributed by atoms with E-state index in [-0.39, 0.29) is 12.6 Å². The molecule has 1 N–H and O–H groups in total. The van der Waals surface area contributed by atoms with Gasteiger partial charge in [0.25, 0.3) is 0 Å². The van der Waals surface area contributed by atoms with Crippen molar-refractivity contribution in [1.29, 1.82) is 0 Å². The molecule has 0 unspecified atom stereocenters. The molecule has 0 amide bonds. The Hall–Kier alpha value is -1.88. The molecule has 3 atom stereocenters. The molecule has 2 aromatic rings. The average Bonchev–Trinajstić information content (AvgIpc) is 3.59. The first-order chi connectivity index (χ1) is 14.8. The third-order valence-electron chi connectivity index (χ3n) is 7.37. The van der Waals surface area contributed by atoms with Gasteiger partial charge in [0, 0.05) is 31.1 Å². The van der Waals surface area contributed by atoms with Crippen molar-refractivity contribution in [3.8, 4) is 16.9 Å². The first kappa shape index (κ1) is 20.0. The number of methoxy groups -OCH3 is 1. The van der Waals surface area contributed by atoms with Crippen molar-refractivity contribution in [3.05, 3.63) is 54.1 Å². The molecule has 4 heteroatoms. The average molecular weight is 407 g/mol. The van der Waals surface area contributed by atoms with Gasteiger partial charge in [-0.25, -0.2) is 0 Å². The summed E-state index contributed by atoms with van der Waals surface area (Å²) in [6.07, 6.45) is 5.36. The third kappa shape index (κ3) is 4.01. The molecule has 3 aliphatic rings. The maximum Gasteiger partial charge on any atom is 0.119 e. The Kier molecular flexibility index (Phi) is 5.81. The summed E-state index contributed by atoms with van der Waals surface area (Å²) in [7, 11) is 1.71. The maximum atomic E-state index is 10.2. The first-order valence-electron chi connectivity index (χ1n) is 11.6. The van der Waals surface area contributed by atoms with E-state index in [1.54, 1.807) is 7.11 Å². The molecule has 0 bridgehead atoms. The molecule has 160 valence electrons. The number of benzene rings is 2. The lowest BCUT2D eigenvalue weighted by molar-refractivity contribution is -0.0649. The van der Waals surface area contributed by atoms with Gasteiger partial charge in [-0.15, -0.1) is 0 Å². The fourth-order valence-electron chi connectivity index (χ4n) is 5.54. The number of fused-ring (bicyclic) bond motifs is 1. The Morgan fingerprint density at radius 3 is 2.53 bits per heavy atom. The van der Waals surface area contributed by atoms with Gasteiger partial charge < -0.3 is 14.7 Å². The molecule has 1 aliphatic carbocycles. The first-order valence-corrected chi connectivity index (χ1v) is 11.6. The Bertz CT molecular complexity index is 848. The van der Waals surface area contributed by atoms with Crippen LogP contribution in [0.25, 0.3) is 11.1 Å². The molecule has 5 rings (SSSR count). The standard InChI is InChI=1S/C26H34N2O2/c1-30-23-6-4-5-22(15-23)20-9-11-21(12-10-20)26-24-17-27(16-19-7-8-19)13-2-3-14-28(24)25(26)18-29/h4-6,9-12,15,19,24-26,29H,2-3,7-8,13-14,16-18H2,1H3/t24-,25-,26+/m1/s1. The van der Waals surface area contributed by atoms with Crippen molar-refractivity contribution in [2.45, 2.75) is 43.7 Å². The lowest BCUT2D eigenvalue weighted by atomic mass is 9.74. The van der Waals surface area contributed by atoms with Crippen LogP contribution in [0.5, 0.6) is 5.75 Å². The molecule has 3 fully saturated rings. The van der Waals surface area contributed by atoms with Gasteiger partial charge in [0.2, 0.25) is 0 Å². The molecular formula is C26H34N2O2. The van der Waals surface area contributed by atoms with Gasteiger partial charge in [0.1, 0.15) is 5.75 Å². The van der Waals surface area contributed by atoms with Crippen LogP contribution in [0, 0.1) is 5.92 Å². The van der Waals surface area contributed by atoms with Crippen LogP contribution >= 0.6 is 0 Å². The lowest BCUT2D eigenvalue weighted by Crippen LogP contribution is -2.67. The molecule has 2 aliphatic heterocycles. The van der Waals surface area contributed by atoms with Gasteiger partial charge in [-0.3, -0.25) is 4.90 Å². The number of hydrogen-bond acceptors (Lipinski definition) is 4. The van der Waals surface area contributed by atoms with E-state index in [1.165, 1.54) is 55.5 Å². The van der Waals surface area contributed by atoms with Crippen molar-refractivity contribution in [3.63, 3.8) is 0 Å². The Balaban J connectivity index is 1.35.